The summed E-state index contributed by atoms with van der Waals surface area (Å²) in [4.78, 5) is 12.4. The maximum absolute atomic E-state index is 12.4. The van der Waals surface area contributed by atoms with E-state index >= 15 is 0 Å². The molecule has 1 amide bonds. The Kier molecular flexibility index (Phi) is 3.03. The topological polar surface area (TPSA) is 29.1 Å². The molecule has 0 spiro atoms. The van der Waals surface area contributed by atoms with Crippen molar-refractivity contribution in [1.82, 2.24) is 5.32 Å². The van der Waals surface area contributed by atoms with Crippen molar-refractivity contribution in [2.45, 2.75) is 38.1 Å². The fourth-order valence-corrected chi connectivity index (χ4v) is 5.22. The molecule has 0 aromatic heterocycles. The van der Waals surface area contributed by atoms with Crippen LogP contribution in [0.1, 0.15) is 42.5 Å². The summed E-state index contributed by atoms with van der Waals surface area (Å²) in [6.45, 7) is 0. The molecule has 4 saturated carbocycles. The van der Waals surface area contributed by atoms with Crippen LogP contribution in [0.15, 0.2) is 24.3 Å². The van der Waals surface area contributed by atoms with Crippen molar-refractivity contribution >= 4 is 17.5 Å². The molecule has 1 aromatic carbocycles. The molecule has 4 aliphatic carbocycles. The van der Waals surface area contributed by atoms with E-state index in [9.17, 15) is 4.79 Å². The smallest absolute Gasteiger partial charge is 0.251 e. The predicted molar refractivity (Wildman–Crippen MR) is 79.8 cm³/mol. The van der Waals surface area contributed by atoms with Crippen molar-refractivity contribution in [1.29, 1.82) is 0 Å². The Morgan fingerprint density at radius 1 is 1.05 bits per heavy atom. The lowest BCUT2D eigenvalue weighted by Gasteiger charge is -2.54. The molecule has 3 heteroatoms. The second-order valence-electron chi connectivity index (χ2n) is 6.94. The van der Waals surface area contributed by atoms with Crippen LogP contribution in [0.4, 0.5) is 0 Å². The summed E-state index contributed by atoms with van der Waals surface area (Å²) >= 11 is 5.97. The molecule has 1 N–H and O–H groups in total. The third-order valence-electron chi connectivity index (χ3n) is 5.61. The van der Waals surface area contributed by atoms with Crippen LogP contribution in [-0.4, -0.2) is 11.9 Å². The van der Waals surface area contributed by atoms with Gasteiger partial charge in [-0.2, -0.15) is 0 Å². The van der Waals surface area contributed by atoms with Gasteiger partial charge in [0.25, 0.3) is 5.91 Å². The van der Waals surface area contributed by atoms with Gasteiger partial charge in [-0.25, -0.2) is 0 Å². The summed E-state index contributed by atoms with van der Waals surface area (Å²) in [5.74, 6) is 3.36. The Morgan fingerprint density at radius 2 is 1.70 bits per heavy atom. The number of nitrogens with one attached hydrogen (secondary N) is 1. The Morgan fingerprint density at radius 3 is 2.30 bits per heavy atom. The molecular formula is C17H20ClNO. The number of halogens is 1. The lowest BCUT2D eigenvalue weighted by molar-refractivity contribution is -0.0119. The minimum atomic E-state index is 0.0463. The van der Waals surface area contributed by atoms with Crippen LogP contribution < -0.4 is 5.32 Å². The number of rotatable bonds is 2. The molecule has 2 nitrogen and oxygen atoms in total. The normalized spacial score (nSPS) is 38.0. The van der Waals surface area contributed by atoms with Gasteiger partial charge in [0.05, 0.1) is 0 Å². The summed E-state index contributed by atoms with van der Waals surface area (Å²) in [5, 5.41) is 3.94. The molecule has 106 valence electrons. The zero-order chi connectivity index (χ0) is 13.7. The second-order valence-corrected chi connectivity index (χ2v) is 7.38. The van der Waals surface area contributed by atoms with Gasteiger partial charge >= 0.3 is 0 Å². The quantitative estimate of drug-likeness (QED) is 0.879. The van der Waals surface area contributed by atoms with E-state index in [-0.39, 0.29) is 5.91 Å². The second kappa shape index (κ2) is 4.77. The Labute approximate surface area is 124 Å². The number of carbonyl (C=O) groups excluding carboxylic acids is 1. The lowest BCUT2D eigenvalue weighted by Crippen LogP contribution is -2.55. The molecule has 5 rings (SSSR count). The van der Waals surface area contributed by atoms with Gasteiger partial charge in [0.1, 0.15) is 0 Å². The Hall–Kier alpha value is -1.02. The molecule has 20 heavy (non-hydrogen) atoms. The Bertz CT molecular complexity index is 514. The van der Waals surface area contributed by atoms with Gasteiger partial charge in [0, 0.05) is 16.6 Å². The van der Waals surface area contributed by atoms with Crippen LogP contribution in [0.3, 0.4) is 0 Å². The minimum Gasteiger partial charge on any atom is -0.349 e. The summed E-state index contributed by atoms with van der Waals surface area (Å²) in [6, 6.07) is 7.65. The zero-order valence-corrected chi connectivity index (χ0v) is 12.3. The summed E-state index contributed by atoms with van der Waals surface area (Å²) < 4.78 is 0. The molecule has 0 heterocycles. The van der Waals surface area contributed by atoms with Gasteiger partial charge in [-0.1, -0.05) is 17.7 Å². The van der Waals surface area contributed by atoms with Crippen LogP contribution in [0.25, 0.3) is 0 Å². The summed E-state index contributed by atoms with van der Waals surface area (Å²) in [5.41, 5.74) is 0.686. The highest BCUT2D eigenvalue weighted by Crippen LogP contribution is 2.53. The van der Waals surface area contributed by atoms with Crippen LogP contribution >= 0.6 is 11.6 Å². The SMILES string of the molecule is O=C(NC1C2CC3CC(C2)CC1C3)c1cccc(Cl)c1. The number of carbonyl (C=O) groups is 1. The van der Waals surface area contributed by atoms with Gasteiger partial charge in [-0.3, -0.25) is 4.79 Å². The van der Waals surface area contributed by atoms with E-state index in [2.05, 4.69) is 5.32 Å². The highest BCUT2D eigenvalue weighted by atomic mass is 35.5. The van der Waals surface area contributed by atoms with E-state index in [1.165, 1.54) is 32.1 Å². The van der Waals surface area contributed by atoms with Gasteiger partial charge in [-0.05, 0) is 74.0 Å². The van der Waals surface area contributed by atoms with Crippen molar-refractivity contribution in [3.63, 3.8) is 0 Å². The number of amides is 1. The molecule has 4 aliphatic rings. The number of hydrogen-bond acceptors (Lipinski definition) is 1. The van der Waals surface area contributed by atoms with Gasteiger partial charge in [-0.15, -0.1) is 0 Å². The van der Waals surface area contributed by atoms with Crippen molar-refractivity contribution in [3.05, 3.63) is 34.9 Å². The largest absolute Gasteiger partial charge is 0.349 e. The van der Waals surface area contributed by atoms with E-state index in [0.717, 1.165) is 23.7 Å². The third-order valence-corrected chi connectivity index (χ3v) is 5.85. The molecule has 0 unspecified atom stereocenters. The molecule has 0 atom stereocenters. The molecule has 4 bridgehead atoms. The third kappa shape index (κ3) is 2.14. The first-order valence-electron chi connectivity index (χ1n) is 7.75. The molecule has 0 radical (unpaired) electrons. The highest BCUT2D eigenvalue weighted by Gasteiger charge is 2.48. The van der Waals surface area contributed by atoms with Gasteiger partial charge < -0.3 is 5.32 Å². The van der Waals surface area contributed by atoms with Crippen LogP contribution in [0.5, 0.6) is 0 Å². The fourth-order valence-electron chi connectivity index (χ4n) is 5.03. The average Bonchev–Trinajstić information content (AvgIpc) is 2.42. The van der Waals surface area contributed by atoms with Gasteiger partial charge in [0.15, 0.2) is 0 Å². The van der Waals surface area contributed by atoms with Crippen molar-refractivity contribution in [2.24, 2.45) is 23.7 Å². The molecular weight excluding hydrogens is 270 g/mol. The Balaban J connectivity index is 1.50. The van der Waals surface area contributed by atoms with E-state index in [1.807, 2.05) is 12.1 Å². The fraction of sp³-hybridized carbons (Fsp3) is 0.588. The lowest BCUT2D eigenvalue weighted by atomic mass is 9.54. The predicted octanol–water partition coefficient (Wildman–Crippen LogP) is 3.89. The summed E-state index contributed by atoms with van der Waals surface area (Å²) in [6.07, 6.45) is 6.75. The van der Waals surface area contributed by atoms with Crippen molar-refractivity contribution < 1.29 is 4.79 Å². The van der Waals surface area contributed by atoms with E-state index in [0.29, 0.717) is 16.6 Å². The van der Waals surface area contributed by atoms with Crippen molar-refractivity contribution in [2.75, 3.05) is 0 Å². The maximum atomic E-state index is 12.4. The summed E-state index contributed by atoms with van der Waals surface area (Å²) in [7, 11) is 0. The standard InChI is InChI=1S/C17H20ClNO/c18-15-3-1-2-12(9-15)17(20)19-16-13-5-10-4-11(7-13)8-14(16)6-10/h1-3,9-11,13-14,16H,4-8H2,(H,19,20). The minimum absolute atomic E-state index is 0.0463. The highest BCUT2D eigenvalue weighted by molar-refractivity contribution is 6.30. The molecule has 0 saturated heterocycles. The van der Waals surface area contributed by atoms with E-state index in [1.54, 1.807) is 12.1 Å². The first-order valence-corrected chi connectivity index (χ1v) is 8.13. The maximum Gasteiger partial charge on any atom is 0.251 e. The van der Waals surface area contributed by atoms with E-state index < -0.39 is 0 Å². The van der Waals surface area contributed by atoms with Gasteiger partial charge in [0.2, 0.25) is 0 Å². The number of hydrogen-bond donors (Lipinski definition) is 1. The van der Waals surface area contributed by atoms with Crippen LogP contribution in [-0.2, 0) is 0 Å². The monoisotopic (exact) mass is 289 g/mol. The van der Waals surface area contributed by atoms with Crippen LogP contribution in [0.2, 0.25) is 5.02 Å². The molecule has 0 aliphatic heterocycles. The molecule has 4 fully saturated rings. The number of benzene rings is 1. The van der Waals surface area contributed by atoms with E-state index in [4.69, 9.17) is 11.6 Å². The molecule has 1 aromatic rings. The first-order chi connectivity index (χ1) is 9.69. The zero-order valence-electron chi connectivity index (χ0n) is 11.5. The first kappa shape index (κ1) is 12.7. The van der Waals surface area contributed by atoms with Crippen LogP contribution in [0, 0.1) is 23.7 Å². The average molecular weight is 290 g/mol. The van der Waals surface area contributed by atoms with Crippen molar-refractivity contribution in [3.8, 4) is 0 Å².